The lowest BCUT2D eigenvalue weighted by molar-refractivity contribution is -0.0203. The molecule has 0 aromatic carbocycles. The van der Waals surface area contributed by atoms with Gasteiger partial charge in [0.1, 0.15) is 0 Å². The van der Waals surface area contributed by atoms with Crippen molar-refractivity contribution in [1.29, 1.82) is 0 Å². The van der Waals surface area contributed by atoms with Crippen molar-refractivity contribution >= 4 is 142 Å². The Balaban J connectivity index is 0.000000844. The van der Waals surface area contributed by atoms with Crippen LogP contribution in [0.25, 0.3) is 0 Å². The van der Waals surface area contributed by atoms with Crippen molar-refractivity contribution in [1.82, 2.24) is 0 Å². The van der Waals surface area contributed by atoms with E-state index < -0.39 is 142 Å². The van der Waals surface area contributed by atoms with Gasteiger partial charge in [-0.15, -0.1) is 0 Å². The average Bonchev–Trinajstić information content (AvgIpc) is 1.53. The third-order valence-corrected chi connectivity index (χ3v) is 69.1. The predicted octanol–water partition coefficient (Wildman–Crippen LogP) is 1.76. The lowest BCUT2D eigenvalue weighted by atomic mass is 11.8. The summed E-state index contributed by atoms with van der Waals surface area (Å²) in [6.45, 7) is 19.4. The molecule has 0 unspecified atom stereocenters. The Morgan fingerprint density at radius 1 is 0.167 bits per heavy atom. The summed E-state index contributed by atoms with van der Waals surface area (Å²) in [6, 6.07) is 0. The Kier molecular flexibility index (Phi) is 33.4. The molecule has 2 fully saturated rings. The summed E-state index contributed by atoms with van der Waals surface area (Å²) >= 11 is 0. The molecule has 0 radical (unpaired) electrons. The summed E-state index contributed by atoms with van der Waals surface area (Å²) in [5.74, 6) is 0. The van der Waals surface area contributed by atoms with Gasteiger partial charge in [-0.1, -0.05) is 0 Å². The average molecular weight is 1510 g/mol. The van der Waals surface area contributed by atoms with E-state index in [1.807, 2.05) is 0 Å². The number of rotatable bonds is 36. The van der Waals surface area contributed by atoms with Crippen molar-refractivity contribution in [2.75, 3.05) is 142 Å². The first-order valence-corrected chi connectivity index (χ1v) is 58.0. The molecule has 52 heteroatoms. The predicted molar refractivity (Wildman–Crippen MR) is 320 cm³/mol. The highest BCUT2D eigenvalue weighted by Crippen LogP contribution is 2.41. The molecule has 0 bridgehead atoms. The van der Waals surface area contributed by atoms with E-state index in [2.05, 4.69) is 0 Å². The van der Waals surface area contributed by atoms with E-state index in [1.54, 1.807) is 52.4 Å². The topological polar surface area (TPSA) is 332 Å². The Hall–Kier alpha value is 2.03. The van der Waals surface area contributed by atoms with Crippen LogP contribution in [0.5, 0.6) is 0 Å². The first kappa shape index (κ1) is 84.0. The fourth-order valence-electron chi connectivity index (χ4n) is 7.62. The molecule has 2 saturated heterocycles. The van der Waals surface area contributed by atoms with Gasteiger partial charge in [-0.05, 0) is 0 Å². The molecule has 2 rings (SSSR count). The van der Waals surface area contributed by atoms with E-state index in [0.29, 0.717) is 0 Å². The molecular formula is C32H96O36Si16. The molecule has 0 atom stereocenters. The van der Waals surface area contributed by atoms with Gasteiger partial charge in [0.15, 0.2) is 0 Å². The maximum absolute atomic E-state index is 6.66. The molecule has 0 N–H and O–H groups in total. The van der Waals surface area contributed by atoms with Gasteiger partial charge in [0, 0.05) is 221 Å². The van der Waals surface area contributed by atoms with Crippen LogP contribution >= 0.6 is 0 Å². The minimum atomic E-state index is -4.20. The standard InChI is InChI=1S/C16H48O20Si8.C16H48O16Si8/c1-17-41(18-2,19-3)33-37(13)29-38(14,34-42(20-4,21-5)22-6)31-40(16,36-44(26-10,27-11)28-12)32-39(15,30-37)35-43(23-7,24-8)25-9;1-17-33(9,18-2)25-37(13)29-38(14,26-34(10,19-3)20-4)31-40(16,28-36(12,23-7)24-8)32-39(15,30-37)27-35(11,21-5)22-6/h1-16H3;1-16H3. The van der Waals surface area contributed by atoms with Gasteiger partial charge in [0.25, 0.3) is 0 Å². The Morgan fingerprint density at radius 3 is 0.345 bits per heavy atom. The first-order valence-electron chi connectivity index (χ1n) is 24.8. The van der Waals surface area contributed by atoms with Crippen LogP contribution in [-0.4, -0.2) is 284 Å². The van der Waals surface area contributed by atoms with Gasteiger partial charge >= 0.3 is 142 Å². The molecule has 0 spiro atoms. The lowest BCUT2D eigenvalue weighted by Crippen LogP contribution is -2.76. The van der Waals surface area contributed by atoms with Crippen molar-refractivity contribution in [3.8, 4) is 0 Å². The minimum absolute atomic E-state index is 1.34. The van der Waals surface area contributed by atoms with Crippen molar-refractivity contribution in [2.24, 2.45) is 0 Å². The van der Waals surface area contributed by atoms with E-state index in [4.69, 9.17) is 154 Å². The molecule has 0 amide bonds. The highest BCUT2D eigenvalue weighted by molar-refractivity contribution is 6.95. The zero-order valence-corrected chi connectivity index (χ0v) is 70.7. The number of hydrogen-bond acceptors (Lipinski definition) is 36. The van der Waals surface area contributed by atoms with Gasteiger partial charge in [0.05, 0.1) is 0 Å². The largest absolute Gasteiger partial charge is 0.671 e. The van der Waals surface area contributed by atoms with E-state index in [1.165, 1.54) is 168 Å². The summed E-state index contributed by atoms with van der Waals surface area (Å²) in [6.07, 6.45) is 0. The maximum atomic E-state index is 6.66. The Morgan fingerprint density at radius 2 is 0.262 bits per heavy atom. The number of hydrogen-bond donors (Lipinski definition) is 0. The molecule has 0 aromatic rings. The molecule has 504 valence electrons. The highest BCUT2D eigenvalue weighted by atomic mass is 28.6. The third-order valence-electron chi connectivity index (χ3n) is 11.7. The van der Waals surface area contributed by atoms with E-state index in [0.717, 1.165) is 0 Å². The second-order valence-electron chi connectivity index (χ2n) is 18.1. The molecule has 0 aliphatic carbocycles. The molecule has 0 aromatic heterocycles. The van der Waals surface area contributed by atoms with Crippen molar-refractivity contribution in [3.05, 3.63) is 0 Å². The van der Waals surface area contributed by atoms with Crippen LogP contribution in [0.3, 0.4) is 0 Å². The van der Waals surface area contributed by atoms with E-state index in [-0.39, 0.29) is 0 Å². The van der Waals surface area contributed by atoms with Crippen molar-refractivity contribution in [2.45, 2.75) is 78.6 Å². The van der Waals surface area contributed by atoms with Crippen LogP contribution in [0.1, 0.15) is 0 Å². The van der Waals surface area contributed by atoms with Crippen molar-refractivity contribution in [3.63, 3.8) is 0 Å². The molecule has 2 aliphatic heterocycles. The van der Waals surface area contributed by atoms with Gasteiger partial charge in [-0.3, -0.25) is 0 Å². The maximum Gasteiger partial charge on any atom is 0.671 e. The fourth-order valence-corrected chi connectivity index (χ4v) is 69.5. The zero-order chi connectivity index (χ0) is 65.5. The van der Waals surface area contributed by atoms with Crippen LogP contribution in [0.15, 0.2) is 0 Å². The smallest absolute Gasteiger partial charge is 0.377 e. The molecule has 36 nitrogen and oxygen atoms in total. The Bertz CT molecular complexity index is 1610. The molecule has 0 saturated carbocycles. The SMILES string of the molecule is CO[Si](C)(OC)O[Si]1(C)O[Si](C)(O[Si](C)(OC)OC)O[Si](C)(O[Si](C)(OC)OC)O[Si](C)(O[Si](C)(OC)OC)O1.CO[Si](OC)(OC)O[Si]1(C)O[Si](C)(O[Si](OC)(OC)OC)O[Si](C)(O[Si](OC)(OC)OC)O[Si](C)(O[Si](OC)(OC)OC)O1. The zero-order valence-electron chi connectivity index (χ0n) is 54.7. The second kappa shape index (κ2) is 33.4. The third kappa shape index (κ3) is 23.2. The molecule has 2 heterocycles. The normalized spacial score (nSPS) is 30.3. The lowest BCUT2D eigenvalue weighted by Gasteiger charge is -2.50. The van der Waals surface area contributed by atoms with E-state index in [9.17, 15) is 0 Å². The summed E-state index contributed by atoms with van der Waals surface area (Å²) in [4.78, 5) is 0. The van der Waals surface area contributed by atoms with Gasteiger partial charge in [-0.25, -0.2) is 0 Å². The monoisotopic (exact) mass is 1500 g/mol. The summed E-state index contributed by atoms with van der Waals surface area (Å²) < 4.78 is 215. The van der Waals surface area contributed by atoms with E-state index >= 15 is 0 Å². The first-order chi connectivity index (χ1) is 38.5. The Labute approximate surface area is 514 Å². The van der Waals surface area contributed by atoms with Crippen LogP contribution < -0.4 is 0 Å². The second-order valence-corrected chi connectivity index (χ2v) is 64.0. The van der Waals surface area contributed by atoms with Crippen LogP contribution in [0.2, 0.25) is 78.6 Å². The van der Waals surface area contributed by atoms with Crippen LogP contribution in [0, 0.1) is 0 Å². The summed E-state index contributed by atoms with van der Waals surface area (Å²) in [7, 11) is -33.2. The summed E-state index contributed by atoms with van der Waals surface area (Å²) in [5.41, 5.74) is 0. The molecule has 84 heavy (non-hydrogen) atoms. The van der Waals surface area contributed by atoms with Gasteiger partial charge in [0.2, 0.25) is 0 Å². The molecular weight excluding hydrogens is 1410 g/mol. The summed E-state index contributed by atoms with van der Waals surface area (Å²) in [5, 5.41) is 0. The van der Waals surface area contributed by atoms with Gasteiger partial charge < -0.3 is 154 Å². The molecule has 2 aliphatic rings. The highest BCUT2D eigenvalue weighted by Gasteiger charge is 2.72. The quantitative estimate of drug-likeness (QED) is 0.0807. The fraction of sp³-hybridized carbons (Fsp3) is 1.00. The van der Waals surface area contributed by atoms with Crippen molar-refractivity contribution < 1.29 is 154 Å². The van der Waals surface area contributed by atoms with Gasteiger partial charge in [-0.2, -0.15) is 0 Å². The van der Waals surface area contributed by atoms with Crippen LogP contribution in [0.4, 0.5) is 0 Å². The minimum Gasteiger partial charge on any atom is -0.377 e. The van der Waals surface area contributed by atoms with Crippen LogP contribution in [-0.2, 0) is 154 Å².